The molecule has 1 aliphatic carbocycles. The number of halogens is 1. The molecule has 2 amide bonds. The second-order valence-electron chi connectivity index (χ2n) is 7.10. The fourth-order valence-electron chi connectivity index (χ4n) is 3.79. The van der Waals surface area contributed by atoms with E-state index >= 15 is 0 Å². The van der Waals surface area contributed by atoms with E-state index in [1.807, 2.05) is 6.92 Å². The van der Waals surface area contributed by atoms with Crippen LogP contribution in [0.5, 0.6) is 0 Å². The molecule has 2 atom stereocenters. The van der Waals surface area contributed by atoms with Crippen molar-refractivity contribution in [2.75, 3.05) is 11.4 Å². The van der Waals surface area contributed by atoms with Crippen molar-refractivity contribution in [1.82, 2.24) is 4.90 Å². The third-order valence-electron chi connectivity index (χ3n) is 5.09. The van der Waals surface area contributed by atoms with Crippen molar-refractivity contribution in [3.05, 3.63) is 41.0 Å². The molecule has 0 saturated heterocycles. The molecule has 0 radical (unpaired) electrons. The minimum atomic E-state index is -0.432. The summed E-state index contributed by atoms with van der Waals surface area (Å²) in [5, 5.41) is 0. The quantitative estimate of drug-likeness (QED) is 0.630. The number of guanidine groups is 1. The number of anilines is 1. The number of rotatable bonds is 3. The summed E-state index contributed by atoms with van der Waals surface area (Å²) in [4.78, 5) is 24.4. The lowest BCUT2D eigenvalue weighted by Gasteiger charge is -2.40. The van der Waals surface area contributed by atoms with Gasteiger partial charge in [-0.25, -0.2) is 14.2 Å². The lowest BCUT2D eigenvalue weighted by Crippen LogP contribution is -2.52. The number of nitrogens with two attached hydrogens (primary N) is 2. The summed E-state index contributed by atoms with van der Waals surface area (Å²) in [5.74, 6) is 0.00709. The van der Waals surface area contributed by atoms with Gasteiger partial charge in [-0.15, -0.1) is 0 Å². The Kier molecular flexibility index (Phi) is 5.27. The van der Waals surface area contributed by atoms with E-state index in [9.17, 15) is 9.18 Å². The van der Waals surface area contributed by atoms with Gasteiger partial charge in [-0.1, -0.05) is 12.1 Å². The Morgan fingerprint density at radius 1 is 1.33 bits per heavy atom. The zero-order valence-corrected chi connectivity index (χ0v) is 15.7. The molecule has 1 aromatic carbocycles. The van der Waals surface area contributed by atoms with Gasteiger partial charge in [0.1, 0.15) is 11.6 Å². The molecule has 2 unspecified atom stereocenters. The van der Waals surface area contributed by atoms with Gasteiger partial charge in [-0.2, -0.15) is 4.99 Å². The zero-order chi connectivity index (χ0) is 19.7. The second kappa shape index (κ2) is 7.48. The number of aliphatic imine (C=N–C) groups is 2. The molecule has 0 bridgehead atoms. The van der Waals surface area contributed by atoms with E-state index < -0.39 is 5.82 Å². The van der Waals surface area contributed by atoms with E-state index in [1.165, 1.54) is 11.0 Å². The Labute approximate surface area is 158 Å². The summed E-state index contributed by atoms with van der Waals surface area (Å²) < 4.78 is 14.5. The van der Waals surface area contributed by atoms with Crippen LogP contribution in [0.3, 0.4) is 0 Å². The first-order valence-corrected chi connectivity index (χ1v) is 8.95. The Balaban J connectivity index is 2.10. The Bertz CT molecular complexity index is 813. The molecule has 2 aliphatic rings. The molecule has 8 heteroatoms. The molecule has 1 saturated carbocycles. The third kappa shape index (κ3) is 3.57. The van der Waals surface area contributed by atoms with E-state index in [2.05, 4.69) is 16.7 Å². The predicted molar refractivity (Wildman–Crippen MR) is 105 cm³/mol. The van der Waals surface area contributed by atoms with Crippen molar-refractivity contribution in [3.63, 3.8) is 0 Å². The molecule has 1 heterocycles. The van der Waals surface area contributed by atoms with Crippen molar-refractivity contribution in [3.8, 4) is 0 Å². The van der Waals surface area contributed by atoms with Gasteiger partial charge in [0.2, 0.25) is 5.96 Å². The summed E-state index contributed by atoms with van der Waals surface area (Å²) in [6.45, 7) is 7.24. The maximum Gasteiger partial charge on any atom is 0.330 e. The van der Waals surface area contributed by atoms with Crippen molar-refractivity contribution < 1.29 is 9.18 Å². The molecule has 1 aliphatic heterocycles. The highest BCUT2D eigenvalue weighted by Gasteiger charge is 2.40. The number of hydrogen-bond donors (Lipinski definition) is 2. The normalized spacial score (nSPS) is 24.0. The lowest BCUT2D eigenvalue weighted by atomic mass is 10.1. The van der Waals surface area contributed by atoms with Crippen LogP contribution < -0.4 is 16.4 Å². The van der Waals surface area contributed by atoms with Gasteiger partial charge in [0, 0.05) is 12.1 Å². The Morgan fingerprint density at radius 3 is 2.67 bits per heavy atom. The molecule has 7 nitrogen and oxygen atoms in total. The molecule has 0 spiro atoms. The maximum absolute atomic E-state index is 14.5. The topological polar surface area (TPSA) is 100 Å². The Hall–Kier alpha value is -2.74. The first-order chi connectivity index (χ1) is 12.8. The first kappa shape index (κ1) is 19.0. The van der Waals surface area contributed by atoms with E-state index in [-0.39, 0.29) is 36.3 Å². The van der Waals surface area contributed by atoms with Crippen LogP contribution >= 0.6 is 0 Å². The second-order valence-corrected chi connectivity index (χ2v) is 7.10. The van der Waals surface area contributed by atoms with Gasteiger partial charge >= 0.3 is 6.03 Å². The van der Waals surface area contributed by atoms with Crippen molar-refractivity contribution in [2.45, 2.75) is 45.2 Å². The third-order valence-corrected chi connectivity index (χ3v) is 5.09. The average Bonchev–Trinajstić information content (AvgIpc) is 3.04. The van der Waals surface area contributed by atoms with Gasteiger partial charge in [0.15, 0.2) is 0 Å². The smallest absolute Gasteiger partial charge is 0.330 e. The van der Waals surface area contributed by atoms with Crippen molar-refractivity contribution in [2.24, 2.45) is 21.5 Å². The molecule has 27 heavy (non-hydrogen) atoms. The standard InChI is InChI=1S/C19H25FN6O/c1-11-5-4-6-15(20)16(11)25-10-12(2)17(24-18(22)23-3)26(19(25)27)14-8-7-13(21)9-14/h4-6,13-14H,3,7-10,21H2,1-2H3,(H2,22,24). The van der Waals surface area contributed by atoms with Gasteiger partial charge in [0.05, 0.1) is 12.2 Å². The first-order valence-electron chi connectivity index (χ1n) is 8.95. The van der Waals surface area contributed by atoms with Crippen LogP contribution in [0.4, 0.5) is 14.9 Å². The number of hydrogen-bond acceptors (Lipinski definition) is 3. The minimum Gasteiger partial charge on any atom is -0.368 e. The number of urea groups is 1. The molecular formula is C19H25FN6O. The summed E-state index contributed by atoms with van der Waals surface area (Å²) in [6, 6.07) is 4.35. The van der Waals surface area contributed by atoms with Crippen molar-refractivity contribution >= 4 is 24.4 Å². The fraction of sp³-hybridized carbons (Fsp3) is 0.421. The highest BCUT2D eigenvalue weighted by Crippen LogP contribution is 2.35. The molecule has 144 valence electrons. The number of benzene rings is 1. The van der Waals surface area contributed by atoms with Crippen LogP contribution in [0.15, 0.2) is 39.6 Å². The molecule has 4 N–H and O–H groups in total. The fourth-order valence-corrected chi connectivity index (χ4v) is 3.79. The molecule has 1 aromatic rings. The summed E-state index contributed by atoms with van der Waals surface area (Å²) in [5.41, 5.74) is 13.6. The number of amides is 2. The number of nitrogens with zero attached hydrogens (tertiary/aromatic N) is 4. The van der Waals surface area contributed by atoms with Crippen LogP contribution in [-0.4, -0.2) is 42.2 Å². The van der Waals surface area contributed by atoms with Crippen LogP contribution in [0, 0.1) is 12.7 Å². The number of carbonyl (C=O) groups is 1. The molecule has 0 aromatic heterocycles. The molecule has 1 fully saturated rings. The van der Waals surface area contributed by atoms with Crippen LogP contribution in [0.2, 0.25) is 0 Å². The van der Waals surface area contributed by atoms with E-state index in [0.717, 1.165) is 18.4 Å². The van der Waals surface area contributed by atoms with Gasteiger partial charge in [-0.05, 0) is 57.0 Å². The zero-order valence-electron chi connectivity index (χ0n) is 15.7. The highest BCUT2D eigenvalue weighted by molar-refractivity contribution is 5.96. The van der Waals surface area contributed by atoms with Crippen LogP contribution in [0.1, 0.15) is 31.7 Å². The summed E-state index contributed by atoms with van der Waals surface area (Å²) in [6.07, 6.45) is 2.23. The number of aryl methyl sites for hydroxylation is 1. The van der Waals surface area contributed by atoms with Gasteiger partial charge < -0.3 is 11.5 Å². The van der Waals surface area contributed by atoms with E-state index in [0.29, 0.717) is 17.8 Å². The largest absolute Gasteiger partial charge is 0.368 e. The molecule has 3 rings (SSSR count). The van der Waals surface area contributed by atoms with E-state index in [1.54, 1.807) is 24.0 Å². The Morgan fingerprint density at radius 2 is 2.07 bits per heavy atom. The average molecular weight is 372 g/mol. The monoisotopic (exact) mass is 372 g/mol. The van der Waals surface area contributed by atoms with Gasteiger partial charge in [0.25, 0.3) is 0 Å². The van der Waals surface area contributed by atoms with Crippen LogP contribution in [0.25, 0.3) is 0 Å². The number of para-hydroxylation sites is 1. The van der Waals surface area contributed by atoms with Gasteiger partial charge in [-0.3, -0.25) is 9.80 Å². The minimum absolute atomic E-state index is 0.0139. The maximum atomic E-state index is 14.5. The van der Waals surface area contributed by atoms with Crippen molar-refractivity contribution in [1.29, 1.82) is 0 Å². The molecular weight excluding hydrogens is 347 g/mol. The number of carbonyl (C=O) groups excluding carboxylic acids is 1. The highest BCUT2D eigenvalue weighted by atomic mass is 19.1. The van der Waals surface area contributed by atoms with E-state index in [4.69, 9.17) is 11.5 Å². The SMILES string of the molecule is C=N/C(N)=N\C1=C(C)CN(c2c(C)cccc2F)C(=O)N1C1CCC(N)C1. The summed E-state index contributed by atoms with van der Waals surface area (Å²) in [7, 11) is 0. The van der Waals surface area contributed by atoms with Crippen LogP contribution in [-0.2, 0) is 0 Å². The predicted octanol–water partition coefficient (Wildman–Crippen LogP) is 2.50. The summed E-state index contributed by atoms with van der Waals surface area (Å²) >= 11 is 0. The lowest BCUT2D eigenvalue weighted by molar-refractivity contribution is 0.195.